The minimum Gasteiger partial charge on any atom is -0.457 e. The van der Waals surface area contributed by atoms with Gasteiger partial charge in [0.05, 0.1) is 16.4 Å². The van der Waals surface area contributed by atoms with E-state index in [1.54, 1.807) is 0 Å². The Morgan fingerprint density at radius 2 is 1.06 bits per heavy atom. The fourth-order valence-corrected chi connectivity index (χ4v) is 9.42. The van der Waals surface area contributed by atoms with Crippen molar-refractivity contribution in [3.63, 3.8) is 0 Å². The second-order valence-corrected chi connectivity index (χ2v) is 14.0. The molecule has 2 aliphatic rings. The van der Waals surface area contributed by atoms with Crippen LogP contribution in [0.3, 0.4) is 0 Å². The summed E-state index contributed by atoms with van der Waals surface area (Å²) in [5.41, 5.74) is 14.5. The highest BCUT2D eigenvalue weighted by atomic mass is 16.5. The highest BCUT2D eigenvalue weighted by Crippen LogP contribution is 2.63. The van der Waals surface area contributed by atoms with Crippen LogP contribution in [0.25, 0.3) is 71.7 Å². The van der Waals surface area contributed by atoms with Crippen LogP contribution in [0.2, 0.25) is 0 Å². The molecule has 10 aromatic rings. The molecule has 0 fully saturated rings. The second-order valence-electron chi connectivity index (χ2n) is 14.0. The van der Waals surface area contributed by atoms with E-state index in [4.69, 9.17) is 9.15 Å². The minimum absolute atomic E-state index is 0.526. The minimum atomic E-state index is -0.526. The zero-order valence-corrected chi connectivity index (χ0v) is 28.0. The molecule has 8 aromatic carbocycles. The van der Waals surface area contributed by atoms with E-state index in [0.717, 1.165) is 50.3 Å². The van der Waals surface area contributed by atoms with Gasteiger partial charge in [-0.1, -0.05) is 140 Å². The fourth-order valence-electron chi connectivity index (χ4n) is 9.42. The number of benzene rings is 8. The van der Waals surface area contributed by atoms with Crippen molar-refractivity contribution in [3.05, 3.63) is 198 Å². The lowest BCUT2D eigenvalue weighted by molar-refractivity contribution is 0.436. The smallest absolute Gasteiger partial charge is 0.143 e. The van der Waals surface area contributed by atoms with Crippen molar-refractivity contribution < 1.29 is 9.15 Å². The molecule has 0 saturated heterocycles. The van der Waals surface area contributed by atoms with Gasteiger partial charge in [0.25, 0.3) is 0 Å². The van der Waals surface area contributed by atoms with Gasteiger partial charge in [-0.25, -0.2) is 0 Å². The van der Waals surface area contributed by atoms with Gasteiger partial charge in [0.2, 0.25) is 0 Å². The van der Waals surface area contributed by atoms with E-state index in [1.807, 2.05) is 12.1 Å². The predicted molar refractivity (Wildman–Crippen MR) is 211 cm³/mol. The maximum Gasteiger partial charge on any atom is 0.143 e. The van der Waals surface area contributed by atoms with E-state index in [0.29, 0.717) is 0 Å². The van der Waals surface area contributed by atoms with Gasteiger partial charge >= 0.3 is 0 Å². The van der Waals surface area contributed by atoms with Crippen LogP contribution in [0.1, 0.15) is 22.3 Å². The van der Waals surface area contributed by atoms with Gasteiger partial charge in [0.1, 0.15) is 22.7 Å². The summed E-state index contributed by atoms with van der Waals surface area (Å²) in [4.78, 5) is 0. The van der Waals surface area contributed by atoms with Crippen LogP contribution in [0.15, 0.2) is 180 Å². The maximum absolute atomic E-state index is 6.60. The molecule has 0 atom stereocenters. The highest BCUT2D eigenvalue weighted by Gasteiger charge is 2.51. The lowest BCUT2D eigenvalue weighted by Crippen LogP contribution is -2.32. The second kappa shape index (κ2) is 10.1. The molecule has 0 N–H and O–H groups in total. The molecule has 2 aromatic heterocycles. The summed E-state index contributed by atoms with van der Waals surface area (Å²) < 4.78 is 15.5. The van der Waals surface area contributed by atoms with Gasteiger partial charge < -0.3 is 13.7 Å². The van der Waals surface area contributed by atoms with E-state index >= 15 is 0 Å². The van der Waals surface area contributed by atoms with Gasteiger partial charge in [-0.15, -0.1) is 0 Å². The zero-order chi connectivity index (χ0) is 34.0. The van der Waals surface area contributed by atoms with Crippen LogP contribution in [0.4, 0.5) is 0 Å². The van der Waals surface area contributed by atoms with Gasteiger partial charge in [0.15, 0.2) is 0 Å². The molecular formula is C49H29NO2. The Hall–Kier alpha value is -6.84. The summed E-state index contributed by atoms with van der Waals surface area (Å²) in [6.45, 7) is 0. The molecular weight excluding hydrogens is 635 g/mol. The van der Waals surface area contributed by atoms with Crippen LogP contribution >= 0.6 is 0 Å². The highest BCUT2D eigenvalue weighted by molar-refractivity contribution is 6.16. The molecule has 1 spiro atoms. The van der Waals surface area contributed by atoms with E-state index in [-0.39, 0.29) is 0 Å². The van der Waals surface area contributed by atoms with Crippen molar-refractivity contribution in [2.75, 3.05) is 0 Å². The third-order valence-electron chi connectivity index (χ3n) is 11.5. The summed E-state index contributed by atoms with van der Waals surface area (Å²) in [6.07, 6.45) is 0. The lowest BCUT2D eigenvalue weighted by Gasteiger charge is -2.39. The van der Waals surface area contributed by atoms with Crippen LogP contribution in [0, 0.1) is 0 Å². The monoisotopic (exact) mass is 663 g/mol. The molecule has 1 aliphatic carbocycles. The first-order valence-electron chi connectivity index (χ1n) is 17.9. The van der Waals surface area contributed by atoms with Gasteiger partial charge in [-0.05, 0) is 58.7 Å². The first-order chi connectivity index (χ1) is 25.8. The number of hydrogen-bond donors (Lipinski definition) is 0. The van der Waals surface area contributed by atoms with Crippen LogP contribution in [0.5, 0.6) is 11.5 Å². The summed E-state index contributed by atoms with van der Waals surface area (Å²) in [5.74, 6) is 1.80. The average Bonchev–Trinajstić information content (AvgIpc) is 3.85. The van der Waals surface area contributed by atoms with Crippen LogP contribution < -0.4 is 4.74 Å². The summed E-state index contributed by atoms with van der Waals surface area (Å²) in [6, 6.07) is 63.4. The number of furan rings is 1. The van der Waals surface area contributed by atoms with E-state index in [1.165, 1.54) is 55.2 Å². The van der Waals surface area contributed by atoms with Crippen molar-refractivity contribution in [2.45, 2.75) is 5.41 Å². The number of ether oxygens (including phenoxy) is 1. The molecule has 0 amide bonds. The first kappa shape index (κ1) is 27.9. The molecule has 0 radical (unpaired) electrons. The Bertz CT molecular complexity index is 3060. The van der Waals surface area contributed by atoms with Gasteiger partial charge in [-0.2, -0.15) is 0 Å². The molecule has 0 bridgehead atoms. The van der Waals surface area contributed by atoms with Crippen molar-refractivity contribution in [3.8, 4) is 39.4 Å². The van der Waals surface area contributed by atoms with Crippen molar-refractivity contribution in [1.82, 2.24) is 4.57 Å². The Balaban J connectivity index is 1.15. The number of para-hydroxylation sites is 5. The fraction of sp³-hybridized carbons (Fsp3) is 0.0204. The molecule has 3 nitrogen and oxygen atoms in total. The summed E-state index contributed by atoms with van der Waals surface area (Å²) in [7, 11) is 0. The summed E-state index contributed by atoms with van der Waals surface area (Å²) in [5, 5.41) is 4.76. The molecule has 3 heteroatoms. The SMILES string of the molecule is c1ccc2c(c1)Oc1ccccc1C21c2ccccc2-c2c1ccc1c3ccccc3n(-c3ccc(-c4cccc5c4oc4ccccc45)cc3)c21. The summed E-state index contributed by atoms with van der Waals surface area (Å²) >= 11 is 0. The Morgan fingerprint density at radius 1 is 0.423 bits per heavy atom. The predicted octanol–water partition coefficient (Wildman–Crippen LogP) is 12.8. The first-order valence-corrected chi connectivity index (χ1v) is 17.9. The number of hydrogen-bond acceptors (Lipinski definition) is 2. The number of aromatic nitrogens is 1. The topological polar surface area (TPSA) is 27.3 Å². The molecule has 52 heavy (non-hydrogen) atoms. The van der Waals surface area contributed by atoms with Crippen molar-refractivity contribution >= 4 is 43.7 Å². The molecule has 1 aliphatic heterocycles. The maximum atomic E-state index is 6.60. The van der Waals surface area contributed by atoms with Crippen molar-refractivity contribution in [2.24, 2.45) is 0 Å². The third-order valence-corrected chi connectivity index (χ3v) is 11.5. The Morgan fingerprint density at radius 3 is 1.87 bits per heavy atom. The normalized spacial score (nSPS) is 13.7. The van der Waals surface area contributed by atoms with Gasteiger partial charge in [0, 0.05) is 49.5 Å². The molecule has 0 saturated carbocycles. The van der Waals surface area contributed by atoms with E-state index in [2.05, 4.69) is 168 Å². The average molecular weight is 664 g/mol. The standard InChI is InChI=1S/C49H29NO2/c1-4-17-38-37(14-1)46-41(49(38)39-18-5-9-22-44(39)51-45-23-10-6-19-40(45)49)29-28-35-33-12-2-7-20-42(33)50(47(35)46)31-26-24-30(25-27-31)32-15-11-16-36-34-13-3-8-21-43(34)52-48(32)36/h1-29H. The van der Waals surface area contributed by atoms with E-state index < -0.39 is 5.41 Å². The quantitative estimate of drug-likeness (QED) is 0.184. The number of fused-ring (bicyclic) bond motifs is 16. The van der Waals surface area contributed by atoms with Crippen LogP contribution in [-0.2, 0) is 5.41 Å². The molecule has 12 rings (SSSR count). The lowest BCUT2D eigenvalue weighted by atomic mass is 9.66. The van der Waals surface area contributed by atoms with Crippen molar-refractivity contribution in [1.29, 1.82) is 0 Å². The number of nitrogens with zero attached hydrogens (tertiary/aromatic N) is 1. The number of rotatable bonds is 2. The molecule has 3 heterocycles. The third kappa shape index (κ3) is 3.45. The van der Waals surface area contributed by atoms with Gasteiger partial charge in [-0.3, -0.25) is 0 Å². The Labute approximate surface area is 299 Å². The molecule has 242 valence electrons. The Kier molecular flexibility index (Phi) is 5.43. The zero-order valence-electron chi connectivity index (χ0n) is 28.0. The van der Waals surface area contributed by atoms with E-state index in [9.17, 15) is 0 Å². The largest absolute Gasteiger partial charge is 0.457 e. The molecule has 0 unspecified atom stereocenters. The van der Waals surface area contributed by atoms with Crippen LogP contribution in [-0.4, -0.2) is 4.57 Å².